The average Bonchev–Trinajstić information content (AvgIpc) is 2.88. The number of halogens is 1. The molecule has 2 aromatic rings. The molecule has 2 aromatic heterocycles. The average molecular weight is 334 g/mol. The molecule has 3 heterocycles. The molecule has 1 saturated heterocycles. The van der Waals surface area contributed by atoms with Gasteiger partial charge in [-0.1, -0.05) is 11.6 Å². The van der Waals surface area contributed by atoms with Gasteiger partial charge in [0.15, 0.2) is 0 Å². The van der Waals surface area contributed by atoms with Gasteiger partial charge in [0.05, 0.1) is 10.7 Å². The third-order valence-corrected chi connectivity index (χ3v) is 4.49. The maximum absolute atomic E-state index is 12.3. The molecule has 0 radical (unpaired) electrons. The normalized spacial score (nSPS) is 18.0. The van der Waals surface area contributed by atoms with Gasteiger partial charge in [-0.2, -0.15) is 5.10 Å². The molecule has 1 unspecified atom stereocenters. The Morgan fingerprint density at radius 1 is 1.48 bits per heavy atom. The minimum absolute atomic E-state index is 0.0859. The lowest BCUT2D eigenvalue weighted by atomic mass is 10.0. The number of nitrogens with one attached hydrogen (secondary N) is 1. The fourth-order valence-corrected chi connectivity index (χ4v) is 3.11. The molecular weight excluding hydrogens is 314 g/mol. The van der Waals surface area contributed by atoms with Crippen molar-refractivity contribution in [1.29, 1.82) is 0 Å². The van der Waals surface area contributed by atoms with Crippen LogP contribution in [0, 0.1) is 6.92 Å². The predicted molar refractivity (Wildman–Crippen MR) is 89.9 cm³/mol. The van der Waals surface area contributed by atoms with Gasteiger partial charge in [-0.15, -0.1) is 0 Å². The summed E-state index contributed by atoms with van der Waals surface area (Å²) in [6.07, 6.45) is 5.34. The van der Waals surface area contributed by atoms with Crippen molar-refractivity contribution in [3.05, 3.63) is 40.9 Å². The first-order valence-corrected chi connectivity index (χ1v) is 8.08. The molecule has 6 nitrogen and oxygen atoms in total. The van der Waals surface area contributed by atoms with Crippen LogP contribution in [0.15, 0.2) is 24.5 Å². The van der Waals surface area contributed by atoms with Crippen LogP contribution in [-0.2, 0) is 7.05 Å². The van der Waals surface area contributed by atoms with E-state index in [2.05, 4.69) is 20.3 Å². The number of hydrogen-bond acceptors (Lipinski definition) is 4. The second-order valence-electron chi connectivity index (χ2n) is 5.88. The molecule has 1 N–H and O–H groups in total. The summed E-state index contributed by atoms with van der Waals surface area (Å²) in [6, 6.07) is 3.80. The van der Waals surface area contributed by atoms with Crippen molar-refractivity contribution in [2.75, 3.05) is 18.0 Å². The standard InChI is InChI=1S/C16H20ClN5O/c1-11-8-14(20-21(11)2)16(23)19-12-4-3-7-22(10-12)15-5-6-18-9-13(15)17/h5-6,8-9,12H,3-4,7,10H2,1-2H3,(H,19,23). The summed E-state index contributed by atoms with van der Waals surface area (Å²) in [5.41, 5.74) is 2.39. The summed E-state index contributed by atoms with van der Waals surface area (Å²) < 4.78 is 1.71. The van der Waals surface area contributed by atoms with Crippen molar-refractivity contribution in [3.8, 4) is 0 Å². The fourth-order valence-electron chi connectivity index (χ4n) is 2.87. The molecule has 0 aromatic carbocycles. The van der Waals surface area contributed by atoms with Crippen molar-refractivity contribution in [2.45, 2.75) is 25.8 Å². The van der Waals surface area contributed by atoms with E-state index in [1.54, 1.807) is 23.1 Å². The van der Waals surface area contributed by atoms with Crippen molar-refractivity contribution >= 4 is 23.2 Å². The van der Waals surface area contributed by atoms with Gasteiger partial charge >= 0.3 is 0 Å². The van der Waals surface area contributed by atoms with Gasteiger partial charge in [0.25, 0.3) is 5.91 Å². The van der Waals surface area contributed by atoms with Crippen LogP contribution in [0.3, 0.4) is 0 Å². The number of carbonyl (C=O) groups excluding carboxylic acids is 1. The van der Waals surface area contributed by atoms with Crippen molar-refractivity contribution in [1.82, 2.24) is 20.1 Å². The van der Waals surface area contributed by atoms with E-state index in [1.165, 1.54) is 0 Å². The van der Waals surface area contributed by atoms with Crippen LogP contribution in [0.25, 0.3) is 0 Å². The molecule has 0 saturated carbocycles. The lowest BCUT2D eigenvalue weighted by Crippen LogP contribution is -2.48. The molecule has 1 fully saturated rings. The highest BCUT2D eigenvalue weighted by atomic mass is 35.5. The summed E-state index contributed by atoms with van der Waals surface area (Å²) >= 11 is 6.22. The first kappa shape index (κ1) is 15.8. The summed E-state index contributed by atoms with van der Waals surface area (Å²) in [6.45, 7) is 3.59. The second kappa shape index (κ2) is 6.58. The van der Waals surface area contributed by atoms with E-state index >= 15 is 0 Å². The molecule has 1 atom stereocenters. The summed E-state index contributed by atoms with van der Waals surface area (Å²) in [7, 11) is 1.83. The quantitative estimate of drug-likeness (QED) is 0.935. The Morgan fingerprint density at radius 3 is 3.00 bits per heavy atom. The van der Waals surface area contributed by atoms with Crippen molar-refractivity contribution in [2.24, 2.45) is 7.05 Å². The minimum atomic E-state index is -0.124. The van der Waals surface area contributed by atoms with E-state index in [0.717, 1.165) is 37.3 Å². The Labute approximate surface area is 140 Å². The van der Waals surface area contributed by atoms with Crippen molar-refractivity contribution in [3.63, 3.8) is 0 Å². The van der Waals surface area contributed by atoms with Crippen LogP contribution < -0.4 is 10.2 Å². The molecule has 1 aliphatic heterocycles. The molecule has 0 spiro atoms. The molecule has 1 aliphatic rings. The number of amides is 1. The zero-order valence-corrected chi connectivity index (χ0v) is 14.0. The Bertz CT molecular complexity index is 695. The summed E-state index contributed by atoms with van der Waals surface area (Å²) in [5, 5.41) is 7.95. The highest BCUT2D eigenvalue weighted by Crippen LogP contribution is 2.27. The maximum atomic E-state index is 12.3. The van der Waals surface area contributed by atoms with E-state index in [9.17, 15) is 4.79 Å². The van der Waals surface area contributed by atoms with E-state index in [4.69, 9.17) is 11.6 Å². The smallest absolute Gasteiger partial charge is 0.272 e. The van der Waals surface area contributed by atoms with Gasteiger partial charge in [-0.3, -0.25) is 14.5 Å². The highest BCUT2D eigenvalue weighted by Gasteiger charge is 2.24. The molecule has 0 aliphatic carbocycles. The molecule has 3 rings (SSSR count). The van der Waals surface area contributed by atoms with Crippen LogP contribution in [0.1, 0.15) is 29.0 Å². The van der Waals surface area contributed by atoms with Crippen LogP contribution in [0.2, 0.25) is 5.02 Å². The van der Waals surface area contributed by atoms with E-state index in [0.29, 0.717) is 10.7 Å². The first-order valence-electron chi connectivity index (χ1n) is 7.70. The second-order valence-corrected chi connectivity index (χ2v) is 6.29. The van der Waals surface area contributed by atoms with Gasteiger partial charge in [-0.25, -0.2) is 0 Å². The zero-order chi connectivity index (χ0) is 16.4. The van der Waals surface area contributed by atoms with Crippen LogP contribution >= 0.6 is 11.6 Å². The SMILES string of the molecule is Cc1cc(C(=O)NC2CCCN(c3ccncc3Cl)C2)nn1C. The fraction of sp³-hybridized carbons (Fsp3) is 0.438. The lowest BCUT2D eigenvalue weighted by molar-refractivity contribution is 0.0927. The monoisotopic (exact) mass is 333 g/mol. The number of aryl methyl sites for hydroxylation is 2. The number of nitrogens with zero attached hydrogens (tertiary/aromatic N) is 4. The Morgan fingerprint density at radius 2 is 2.30 bits per heavy atom. The van der Waals surface area contributed by atoms with Gasteiger partial charge in [0.1, 0.15) is 5.69 Å². The lowest BCUT2D eigenvalue weighted by Gasteiger charge is -2.35. The van der Waals surface area contributed by atoms with Crippen LogP contribution in [0.5, 0.6) is 0 Å². The Kier molecular flexibility index (Phi) is 4.52. The molecule has 1 amide bonds. The minimum Gasteiger partial charge on any atom is -0.368 e. The number of rotatable bonds is 3. The first-order chi connectivity index (χ1) is 11.0. The van der Waals surface area contributed by atoms with Gasteiger partial charge in [0, 0.05) is 44.3 Å². The van der Waals surface area contributed by atoms with E-state index in [1.807, 2.05) is 20.0 Å². The molecular formula is C16H20ClN5O. The van der Waals surface area contributed by atoms with Crippen LogP contribution in [-0.4, -0.2) is 39.8 Å². The van der Waals surface area contributed by atoms with Gasteiger partial charge < -0.3 is 10.2 Å². The summed E-state index contributed by atoms with van der Waals surface area (Å²) in [5.74, 6) is -0.124. The van der Waals surface area contributed by atoms with Crippen molar-refractivity contribution < 1.29 is 4.79 Å². The van der Waals surface area contributed by atoms with Gasteiger partial charge in [0.2, 0.25) is 0 Å². The molecule has 0 bridgehead atoms. The predicted octanol–water partition coefficient (Wildman–Crippen LogP) is 2.18. The number of anilines is 1. The Hall–Kier alpha value is -2.08. The largest absolute Gasteiger partial charge is 0.368 e. The Balaban J connectivity index is 1.67. The number of aromatic nitrogens is 3. The number of carbonyl (C=O) groups is 1. The third kappa shape index (κ3) is 3.47. The number of hydrogen-bond donors (Lipinski definition) is 1. The van der Waals surface area contributed by atoms with Crippen LogP contribution in [0.4, 0.5) is 5.69 Å². The topological polar surface area (TPSA) is 63.1 Å². The number of pyridine rings is 1. The maximum Gasteiger partial charge on any atom is 0.272 e. The zero-order valence-electron chi connectivity index (χ0n) is 13.3. The highest BCUT2D eigenvalue weighted by molar-refractivity contribution is 6.33. The third-order valence-electron chi connectivity index (χ3n) is 4.19. The molecule has 122 valence electrons. The number of piperidine rings is 1. The molecule has 7 heteroatoms. The summed E-state index contributed by atoms with van der Waals surface area (Å²) in [4.78, 5) is 18.6. The van der Waals surface area contributed by atoms with Gasteiger partial charge in [-0.05, 0) is 31.9 Å². The van der Waals surface area contributed by atoms with E-state index in [-0.39, 0.29) is 11.9 Å². The van der Waals surface area contributed by atoms with E-state index < -0.39 is 0 Å². The molecule has 23 heavy (non-hydrogen) atoms.